The molecule has 0 radical (unpaired) electrons. The van der Waals surface area contributed by atoms with Crippen molar-refractivity contribution in [2.75, 3.05) is 24.3 Å². The number of esters is 1. The lowest BCUT2D eigenvalue weighted by atomic mass is 10.0. The van der Waals surface area contributed by atoms with Crippen molar-refractivity contribution in [1.29, 1.82) is 0 Å². The van der Waals surface area contributed by atoms with E-state index in [9.17, 15) is 24.0 Å². The monoisotopic (exact) mass is 870 g/mol. The van der Waals surface area contributed by atoms with Crippen LogP contribution in [-0.4, -0.2) is 53.9 Å². The molecule has 1 unspecified atom stereocenters. The van der Waals surface area contributed by atoms with Crippen molar-refractivity contribution in [3.05, 3.63) is 152 Å². The van der Waals surface area contributed by atoms with E-state index in [1.165, 1.54) is 36.3 Å². The van der Waals surface area contributed by atoms with Crippen molar-refractivity contribution in [2.45, 2.75) is 49.5 Å². The molecule has 0 saturated heterocycles. The van der Waals surface area contributed by atoms with Crippen molar-refractivity contribution in [3.8, 4) is 0 Å². The maximum Gasteiger partial charge on any atom is 0.410 e. The van der Waals surface area contributed by atoms with Gasteiger partial charge in [-0.1, -0.05) is 83.9 Å². The molecule has 0 bridgehead atoms. The van der Waals surface area contributed by atoms with Gasteiger partial charge in [-0.25, -0.2) is 9.59 Å². The standard InChI is InChI=1S/C44H40Cl2N4O7S2/c1-44(2,3)57-43(55)50-22-21-30-35(25-50)59-41(36(30)42(54)56-4)49-40(53)37(26-13-7-5-8-14-26)58-29-18-11-17-28(23-29)47-39(52)34(24-31-32(45)19-12-20-33(31)46)48-38(51)27-15-9-6-10-16-27/h5-20,23-24,37H,21-22,25H2,1-4H3,(H,47,52)(H,48,51)(H,49,53)/b34-24+. The Morgan fingerprint density at radius 1 is 0.864 bits per heavy atom. The highest BCUT2D eigenvalue weighted by Crippen LogP contribution is 2.41. The van der Waals surface area contributed by atoms with Crippen LogP contribution in [0, 0.1) is 0 Å². The Morgan fingerprint density at radius 3 is 2.19 bits per heavy atom. The number of rotatable bonds is 11. The third kappa shape index (κ3) is 10.9. The quantitative estimate of drug-likeness (QED) is 0.0677. The molecule has 5 aromatic rings. The predicted octanol–water partition coefficient (Wildman–Crippen LogP) is 10.0. The van der Waals surface area contributed by atoms with Crippen LogP contribution in [0.1, 0.15) is 68.3 Å². The zero-order valence-electron chi connectivity index (χ0n) is 32.5. The number of carbonyl (C=O) groups excluding carboxylic acids is 5. The zero-order chi connectivity index (χ0) is 42.3. The molecule has 2 heterocycles. The van der Waals surface area contributed by atoms with E-state index >= 15 is 0 Å². The minimum absolute atomic E-state index is 0.109. The fourth-order valence-electron chi connectivity index (χ4n) is 6.09. The van der Waals surface area contributed by atoms with Gasteiger partial charge in [0.05, 0.1) is 19.2 Å². The summed E-state index contributed by atoms with van der Waals surface area (Å²) >= 11 is 15.3. The van der Waals surface area contributed by atoms with Crippen molar-refractivity contribution < 1.29 is 33.4 Å². The third-order valence-electron chi connectivity index (χ3n) is 8.84. The summed E-state index contributed by atoms with van der Waals surface area (Å²) in [6.45, 7) is 5.93. The average Bonchev–Trinajstić information content (AvgIpc) is 3.57. The van der Waals surface area contributed by atoms with Crippen molar-refractivity contribution in [3.63, 3.8) is 0 Å². The fraction of sp³-hybridized carbons (Fsp3) is 0.205. The molecule has 304 valence electrons. The number of thiophene rings is 1. The zero-order valence-corrected chi connectivity index (χ0v) is 35.6. The van der Waals surface area contributed by atoms with E-state index in [4.69, 9.17) is 32.7 Å². The molecule has 0 spiro atoms. The van der Waals surface area contributed by atoms with E-state index < -0.39 is 40.6 Å². The lowest BCUT2D eigenvalue weighted by Crippen LogP contribution is -2.39. The van der Waals surface area contributed by atoms with E-state index in [-0.39, 0.29) is 27.9 Å². The Bertz CT molecular complexity index is 2400. The molecule has 59 heavy (non-hydrogen) atoms. The van der Waals surface area contributed by atoms with Gasteiger partial charge in [0.15, 0.2) is 0 Å². The average molecular weight is 872 g/mol. The summed E-state index contributed by atoms with van der Waals surface area (Å²) in [4.78, 5) is 70.4. The summed E-state index contributed by atoms with van der Waals surface area (Å²) in [6, 6.07) is 29.4. The fourth-order valence-corrected chi connectivity index (χ4v) is 8.93. The molecule has 1 atom stereocenters. The smallest absolute Gasteiger partial charge is 0.410 e. The molecular weight excluding hydrogens is 832 g/mol. The van der Waals surface area contributed by atoms with Gasteiger partial charge >= 0.3 is 12.1 Å². The van der Waals surface area contributed by atoms with Crippen LogP contribution < -0.4 is 16.0 Å². The minimum atomic E-state index is -0.812. The number of anilines is 2. The Hall–Kier alpha value is -5.60. The van der Waals surface area contributed by atoms with Gasteiger partial charge in [-0.15, -0.1) is 23.1 Å². The van der Waals surface area contributed by atoms with Crippen LogP contribution in [0.25, 0.3) is 6.08 Å². The van der Waals surface area contributed by atoms with E-state index in [0.717, 1.165) is 10.4 Å². The normalized spacial score (nSPS) is 13.1. The molecule has 1 aliphatic rings. The molecule has 0 saturated carbocycles. The first-order chi connectivity index (χ1) is 28.2. The Morgan fingerprint density at radius 2 is 1.53 bits per heavy atom. The number of nitrogens with one attached hydrogen (secondary N) is 3. The lowest BCUT2D eigenvalue weighted by Gasteiger charge is -2.30. The number of hydrogen-bond donors (Lipinski definition) is 3. The Labute approximate surface area is 360 Å². The molecule has 4 aromatic carbocycles. The van der Waals surface area contributed by atoms with E-state index in [2.05, 4.69) is 16.0 Å². The Kier molecular flexibility index (Phi) is 13.8. The molecule has 1 aromatic heterocycles. The van der Waals surface area contributed by atoms with Crippen LogP contribution in [0.2, 0.25) is 10.0 Å². The van der Waals surface area contributed by atoms with Crippen LogP contribution in [0.3, 0.4) is 0 Å². The second kappa shape index (κ2) is 19.0. The van der Waals surface area contributed by atoms with E-state index in [1.54, 1.807) is 98.5 Å². The van der Waals surface area contributed by atoms with Gasteiger partial charge in [0.2, 0.25) is 5.91 Å². The number of ether oxygens (including phenoxy) is 2. The first-order valence-corrected chi connectivity index (χ1v) is 20.8. The summed E-state index contributed by atoms with van der Waals surface area (Å²) in [5, 5.41) is 8.60. The maximum atomic E-state index is 14.3. The number of thioether (sulfide) groups is 1. The molecule has 0 aliphatic carbocycles. The van der Waals surface area contributed by atoms with Crippen LogP contribution in [0.5, 0.6) is 0 Å². The third-order valence-corrected chi connectivity index (χ3v) is 11.9. The van der Waals surface area contributed by atoms with Gasteiger partial charge in [-0.05, 0) is 86.9 Å². The highest BCUT2D eigenvalue weighted by atomic mass is 35.5. The minimum Gasteiger partial charge on any atom is -0.465 e. The second-order valence-corrected chi connectivity index (χ2v) is 17.3. The number of amides is 4. The highest BCUT2D eigenvalue weighted by molar-refractivity contribution is 8.00. The summed E-state index contributed by atoms with van der Waals surface area (Å²) in [5.41, 5.74) is 1.94. The van der Waals surface area contributed by atoms with Gasteiger partial charge < -0.3 is 30.3 Å². The van der Waals surface area contributed by atoms with Gasteiger partial charge in [0.1, 0.15) is 21.5 Å². The number of halogens is 2. The summed E-state index contributed by atoms with van der Waals surface area (Å²) in [6.07, 6.45) is 1.32. The number of benzene rings is 4. The van der Waals surface area contributed by atoms with Gasteiger partial charge in [-0.3, -0.25) is 14.4 Å². The summed E-state index contributed by atoms with van der Waals surface area (Å²) in [7, 11) is 1.28. The van der Waals surface area contributed by atoms with E-state index in [0.29, 0.717) is 45.2 Å². The molecule has 3 N–H and O–H groups in total. The topological polar surface area (TPSA) is 143 Å². The molecule has 6 rings (SSSR count). The summed E-state index contributed by atoms with van der Waals surface area (Å²) in [5.74, 6) is -2.17. The second-order valence-electron chi connectivity index (χ2n) is 14.2. The number of hydrogen-bond acceptors (Lipinski definition) is 9. The van der Waals surface area contributed by atoms with E-state index in [1.807, 2.05) is 30.3 Å². The molecule has 11 nitrogen and oxygen atoms in total. The molecule has 15 heteroatoms. The van der Waals surface area contributed by atoms with Gasteiger partial charge in [0.25, 0.3) is 11.8 Å². The molecular formula is C44H40Cl2N4O7S2. The SMILES string of the molecule is COC(=O)c1c(NC(=O)C(Sc2cccc(NC(=O)/C(=C\c3c(Cl)cccc3Cl)NC(=O)c3ccccc3)c2)c2ccccc2)sc2c1CCN(C(=O)OC(C)(C)C)C2. The van der Waals surface area contributed by atoms with Crippen LogP contribution in [-0.2, 0) is 32.0 Å². The highest BCUT2D eigenvalue weighted by Gasteiger charge is 2.34. The molecule has 1 aliphatic heterocycles. The molecule has 4 amide bonds. The first kappa shape index (κ1) is 43.0. The van der Waals surface area contributed by atoms with Crippen molar-refractivity contribution in [1.82, 2.24) is 10.2 Å². The van der Waals surface area contributed by atoms with Gasteiger partial charge in [0, 0.05) is 43.2 Å². The largest absolute Gasteiger partial charge is 0.465 e. The lowest BCUT2D eigenvalue weighted by molar-refractivity contribution is -0.116. The van der Waals surface area contributed by atoms with Crippen LogP contribution in [0.15, 0.2) is 114 Å². The van der Waals surface area contributed by atoms with Crippen molar-refractivity contribution >= 4 is 92.8 Å². The number of fused-ring (bicyclic) bond motifs is 1. The summed E-state index contributed by atoms with van der Waals surface area (Å²) < 4.78 is 10.7. The predicted molar refractivity (Wildman–Crippen MR) is 233 cm³/mol. The van der Waals surface area contributed by atoms with Crippen LogP contribution >= 0.6 is 46.3 Å². The molecule has 0 fully saturated rings. The number of nitrogens with zero attached hydrogens (tertiary/aromatic N) is 1. The Balaban J connectivity index is 1.25. The number of methoxy groups -OCH3 is 1. The number of carbonyl (C=O) groups is 5. The van der Waals surface area contributed by atoms with Gasteiger partial charge in [-0.2, -0.15) is 0 Å². The maximum absolute atomic E-state index is 14.3. The van der Waals surface area contributed by atoms with Crippen LogP contribution in [0.4, 0.5) is 15.5 Å². The van der Waals surface area contributed by atoms with Crippen molar-refractivity contribution in [2.24, 2.45) is 0 Å². The first-order valence-electron chi connectivity index (χ1n) is 18.4.